The largest absolute Gasteiger partial charge is 0.494 e. The maximum absolute atomic E-state index is 12.0. The van der Waals surface area contributed by atoms with Gasteiger partial charge in [-0.3, -0.25) is 5.32 Å². The monoisotopic (exact) mass is 446 g/mol. The average molecular weight is 447 g/mol. The number of hydrogen-bond donors (Lipinski definition) is 1. The molecule has 5 heteroatoms. The fourth-order valence-corrected chi connectivity index (χ4v) is 4.23. The summed E-state index contributed by atoms with van der Waals surface area (Å²) in [5.74, 6) is 0.795. The van der Waals surface area contributed by atoms with E-state index >= 15 is 0 Å². The predicted molar refractivity (Wildman–Crippen MR) is 134 cm³/mol. The molecule has 0 aliphatic carbocycles. The highest BCUT2D eigenvalue weighted by Crippen LogP contribution is 2.18. The smallest absolute Gasteiger partial charge is 0.411 e. The van der Waals surface area contributed by atoms with Crippen LogP contribution >= 0.6 is 0 Å². The van der Waals surface area contributed by atoms with E-state index in [9.17, 15) is 4.79 Å². The maximum atomic E-state index is 12.0. The van der Waals surface area contributed by atoms with Crippen LogP contribution in [0.15, 0.2) is 24.3 Å². The fourth-order valence-electron chi connectivity index (χ4n) is 4.23. The summed E-state index contributed by atoms with van der Waals surface area (Å²) in [5, 5.41) is 2.81. The first-order valence-corrected chi connectivity index (χ1v) is 13.2. The van der Waals surface area contributed by atoms with Crippen LogP contribution in [0.2, 0.25) is 0 Å². The minimum absolute atomic E-state index is 0.393. The molecule has 182 valence electrons. The third-order valence-corrected chi connectivity index (χ3v) is 6.15. The Morgan fingerprint density at radius 2 is 1.56 bits per heavy atom. The lowest BCUT2D eigenvalue weighted by Crippen LogP contribution is -2.31. The van der Waals surface area contributed by atoms with Crippen LogP contribution in [0.25, 0.3) is 0 Å². The van der Waals surface area contributed by atoms with Gasteiger partial charge in [0, 0.05) is 18.3 Å². The van der Waals surface area contributed by atoms with Crippen molar-refractivity contribution in [3.05, 3.63) is 24.3 Å². The SMILES string of the molecule is CCCCCCCCCCCCOc1cccc(NC(=O)OCCCN2CCCCC2)c1. The van der Waals surface area contributed by atoms with Crippen molar-refractivity contribution < 1.29 is 14.3 Å². The predicted octanol–water partition coefficient (Wildman–Crippen LogP) is 7.41. The Bertz CT molecular complexity index is 602. The van der Waals surface area contributed by atoms with Crippen molar-refractivity contribution in [1.29, 1.82) is 0 Å². The number of likely N-dealkylation sites (tertiary alicyclic amines) is 1. The molecule has 1 N–H and O–H groups in total. The number of carbonyl (C=O) groups excluding carboxylic acids is 1. The molecule has 5 nitrogen and oxygen atoms in total. The number of unbranched alkanes of at least 4 members (excludes halogenated alkanes) is 9. The van der Waals surface area contributed by atoms with E-state index in [2.05, 4.69) is 17.1 Å². The number of piperidine rings is 1. The van der Waals surface area contributed by atoms with E-state index in [-0.39, 0.29) is 0 Å². The molecule has 0 saturated carbocycles. The third kappa shape index (κ3) is 12.9. The molecule has 0 unspecified atom stereocenters. The summed E-state index contributed by atoms with van der Waals surface area (Å²) in [4.78, 5) is 14.5. The molecule has 1 aromatic carbocycles. The first-order chi connectivity index (χ1) is 15.8. The molecule has 1 aromatic rings. The van der Waals surface area contributed by atoms with Crippen molar-refractivity contribution in [3.8, 4) is 5.75 Å². The zero-order valence-electron chi connectivity index (χ0n) is 20.4. The van der Waals surface area contributed by atoms with Crippen LogP contribution in [0, 0.1) is 0 Å². The lowest BCUT2D eigenvalue weighted by molar-refractivity contribution is 0.148. The van der Waals surface area contributed by atoms with E-state index in [4.69, 9.17) is 9.47 Å². The number of ether oxygens (including phenoxy) is 2. The van der Waals surface area contributed by atoms with Crippen molar-refractivity contribution in [2.75, 3.05) is 38.2 Å². The highest BCUT2D eigenvalue weighted by molar-refractivity contribution is 5.84. The molecule has 2 rings (SSSR count). The summed E-state index contributed by atoms with van der Waals surface area (Å²) in [6, 6.07) is 7.57. The Morgan fingerprint density at radius 3 is 2.28 bits per heavy atom. The molecule has 1 amide bonds. The second kappa shape index (κ2) is 17.8. The zero-order chi connectivity index (χ0) is 22.7. The van der Waals surface area contributed by atoms with Crippen molar-refractivity contribution in [2.24, 2.45) is 0 Å². The molecule has 1 aliphatic heterocycles. The number of carbonyl (C=O) groups is 1. The lowest BCUT2D eigenvalue weighted by Gasteiger charge is -2.26. The molecule has 1 saturated heterocycles. The van der Waals surface area contributed by atoms with Crippen LogP contribution in [0.3, 0.4) is 0 Å². The normalized spacial score (nSPS) is 14.3. The Kier molecular flexibility index (Phi) is 14.7. The molecule has 0 bridgehead atoms. The van der Waals surface area contributed by atoms with Gasteiger partial charge in [0.15, 0.2) is 0 Å². The number of hydrogen-bond acceptors (Lipinski definition) is 4. The summed E-state index contributed by atoms with van der Waals surface area (Å²) < 4.78 is 11.2. The molecule has 1 aliphatic rings. The molecule has 32 heavy (non-hydrogen) atoms. The summed E-state index contributed by atoms with van der Waals surface area (Å²) in [6.07, 6.45) is 17.6. The summed E-state index contributed by atoms with van der Waals surface area (Å²) in [7, 11) is 0. The lowest BCUT2D eigenvalue weighted by atomic mass is 10.1. The Labute approximate surface area is 196 Å². The highest BCUT2D eigenvalue weighted by Gasteiger charge is 2.10. The minimum atomic E-state index is -0.393. The van der Waals surface area contributed by atoms with Gasteiger partial charge in [0.1, 0.15) is 5.75 Å². The van der Waals surface area contributed by atoms with Crippen molar-refractivity contribution in [3.63, 3.8) is 0 Å². The highest BCUT2D eigenvalue weighted by atomic mass is 16.5. The van der Waals surface area contributed by atoms with Crippen LogP contribution in [-0.2, 0) is 4.74 Å². The van der Waals surface area contributed by atoms with Gasteiger partial charge < -0.3 is 14.4 Å². The van der Waals surface area contributed by atoms with Crippen molar-refractivity contribution in [2.45, 2.75) is 96.8 Å². The second-order valence-electron chi connectivity index (χ2n) is 9.08. The van der Waals surface area contributed by atoms with Gasteiger partial charge in [0.2, 0.25) is 0 Å². The zero-order valence-corrected chi connectivity index (χ0v) is 20.4. The van der Waals surface area contributed by atoms with Gasteiger partial charge in [0.25, 0.3) is 0 Å². The van der Waals surface area contributed by atoms with Gasteiger partial charge in [0.05, 0.1) is 13.2 Å². The van der Waals surface area contributed by atoms with Crippen LogP contribution < -0.4 is 10.1 Å². The van der Waals surface area contributed by atoms with E-state index in [1.807, 2.05) is 24.3 Å². The van der Waals surface area contributed by atoms with Crippen LogP contribution in [0.5, 0.6) is 5.75 Å². The Balaban J connectivity index is 1.48. The number of amides is 1. The van der Waals surface area contributed by atoms with Gasteiger partial charge in [-0.2, -0.15) is 0 Å². The van der Waals surface area contributed by atoms with Gasteiger partial charge in [-0.1, -0.05) is 77.2 Å². The third-order valence-electron chi connectivity index (χ3n) is 6.15. The number of nitrogens with zero attached hydrogens (tertiary/aromatic N) is 1. The van der Waals surface area contributed by atoms with Gasteiger partial charge in [-0.15, -0.1) is 0 Å². The molecule has 0 aromatic heterocycles. The van der Waals surface area contributed by atoms with Crippen molar-refractivity contribution >= 4 is 11.8 Å². The average Bonchev–Trinajstić information content (AvgIpc) is 2.81. The number of benzene rings is 1. The fraction of sp³-hybridized carbons (Fsp3) is 0.741. The standard InChI is InChI=1S/C27H46N2O3/c1-2-3-4-5-6-7-8-9-10-14-22-31-26-18-15-17-25(24-26)28-27(30)32-23-16-21-29-19-12-11-13-20-29/h15,17-18,24H,2-14,16,19-23H2,1H3,(H,28,30). The summed E-state index contributed by atoms with van der Waals surface area (Å²) in [5.41, 5.74) is 0.714. The number of anilines is 1. The summed E-state index contributed by atoms with van der Waals surface area (Å²) in [6.45, 7) is 6.81. The molecule has 0 atom stereocenters. The van der Waals surface area contributed by atoms with E-state index in [0.29, 0.717) is 12.3 Å². The number of nitrogens with one attached hydrogen (secondary N) is 1. The Morgan fingerprint density at radius 1 is 0.875 bits per heavy atom. The van der Waals surface area contributed by atoms with E-state index in [0.717, 1.165) is 31.7 Å². The van der Waals surface area contributed by atoms with Crippen LogP contribution in [0.4, 0.5) is 10.5 Å². The first-order valence-electron chi connectivity index (χ1n) is 13.2. The topological polar surface area (TPSA) is 50.8 Å². The van der Waals surface area contributed by atoms with Gasteiger partial charge in [-0.05, 0) is 50.9 Å². The van der Waals surface area contributed by atoms with Gasteiger partial charge >= 0.3 is 6.09 Å². The summed E-state index contributed by atoms with van der Waals surface area (Å²) >= 11 is 0. The molecule has 1 fully saturated rings. The van der Waals surface area contributed by atoms with Crippen LogP contribution in [0.1, 0.15) is 96.8 Å². The van der Waals surface area contributed by atoms with E-state index < -0.39 is 6.09 Å². The molecule has 1 heterocycles. The Hall–Kier alpha value is -1.75. The van der Waals surface area contributed by atoms with Gasteiger partial charge in [-0.25, -0.2) is 4.79 Å². The van der Waals surface area contributed by atoms with Crippen LogP contribution in [-0.4, -0.2) is 43.8 Å². The molecule has 0 radical (unpaired) electrons. The molecular formula is C27H46N2O3. The first kappa shape index (κ1) is 26.5. The second-order valence-corrected chi connectivity index (χ2v) is 9.08. The van der Waals surface area contributed by atoms with E-state index in [1.165, 1.54) is 90.1 Å². The minimum Gasteiger partial charge on any atom is -0.494 e. The quantitative estimate of drug-likeness (QED) is 0.253. The molecular weight excluding hydrogens is 400 g/mol. The van der Waals surface area contributed by atoms with E-state index in [1.54, 1.807) is 0 Å². The van der Waals surface area contributed by atoms with Crippen molar-refractivity contribution in [1.82, 2.24) is 4.90 Å². The number of rotatable bonds is 17. The maximum Gasteiger partial charge on any atom is 0.411 e. The molecule has 0 spiro atoms.